The van der Waals surface area contributed by atoms with Crippen molar-refractivity contribution < 1.29 is 4.92 Å². The first-order valence-electron chi connectivity index (χ1n) is 5.38. The topological polar surface area (TPSA) is 55.2 Å². The predicted molar refractivity (Wildman–Crippen MR) is 74.6 cm³/mol. The van der Waals surface area contributed by atoms with Crippen LogP contribution in [0.4, 0.5) is 11.4 Å². The zero-order valence-corrected chi connectivity index (χ0v) is 11.1. The van der Waals surface area contributed by atoms with E-state index >= 15 is 0 Å². The van der Waals surface area contributed by atoms with Crippen LogP contribution in [0.5, 0.6) is 0 Å². The van der Waals surface area contributed by atoms with Gasteiger partial charge in [-0.05, 0) is 17.7 Å². The monoisotopic (exact) mass is 306 g/mol. The Morgan fingerprint density at radius 1 is 1.17 bits per heavy atom. The summed E-state index contributed by atoms with van der Waals surface area (Å²) in [6, 6.07) is 14.3. The van der Waals surface area contributed by atoms with Gasteiger partial charge in [-0.25, -0.2) is 0 Å². The van der Waals surface area contributed by atoms with Crippen molar-refractivity contribution in [3.05, 3.63) is 68.7 Å². The molecule has 0 radical (unpaired) electrons. The minimum Gasteiger partial charge on any atom is -0.381 e. The van der Waals surface area contributed by atoms with Crippen molar-refractivity contribution in [3.8, 4) is 0 Å². The summed E-state index contributed by atoms with van der Waals surface area (Å²) in [5.74, 6) is 0. The van der Waals surface area contributed by atoms with Crippen molar-refractivity contribution in [2.75, 3.05) is 5.32 Å². The highest BCUT2D eigenvalue weighted by Gasteiger charge is 2.05. The Kier molecular flexibility index (Phi) is 3.94. The van der Waals surface area contributed by atoms with Crippen LogP contribution in [-0.2, 0) is 6.54 Å². The van der Waals surface area contributed by atoms with Crippen LogP contribution in [0.2, 0.25) is 0 Å². The summed E-state index contributed by atoms with van der Waals surface area (Å²) in [6.07, 6.45) is 0. The molecule has 92 valence electrons. The third-order valence-electron chi connectivity index (χ3n) is 2.50. The van der Waals surface area contributed by atoms with E-state index in [0.717, 1.165) is 15.7 Å². The Bertz CT molecular complexity index is 572. The van der Waals surface area contributed by atoms with Crippen molar-refractivity contribution in [2.45, 2.75) is 6.54 Å². The number of rotatable bonds is 4. The summed E-state index contributed by atoms with van der Waals surface area (Å²) in [7, 11) is 0. The van der Waals surface area contributed by atoms with E-state index in [0.29, 0.717) is 6.54 Å². The van der Waals surface area contributed by atoms with Gasteiger partial charge in [0.2, 0.25) is 0 Å². The van der Waals surface area contributed by atoms with Crippen molar-refractivity contribution in [2.24, 2.45) is 0 Å². The number of hydrogen-bond donors (Lipinski definition) is 1. The molecule has 0 aliphatic rings. The fourth-order valence-electron chi connectivity index (χ4n) is 1.57. The van der Waals surface area contributed by atoms with Gasteiger partial charge in [-0.1, -0.05) is 40.2 Å². The molecule has 0 saturated carbocycles. The number of nitrogens with zero attached hydrogens (tertiary/aromatic N) is 1. The number of halogens is 1. The molecule has 0 aliphatic heterocycles. The van der Waals surface area contributed by atoms with Crippen LogP contribution in [0, 0.1) is 10.1 Å². The van der Waals surface area contributed by atoms with Gasteiger partial charge in [0.05, 0.1) is 4.92 Å². The highest BCUT2D eigenvalue weighted by molar-refractivity contribution is 9.10. The first kappa shape index (κ1) is 12.6. The van der Waals surface area contributed by atoms with Gasteiger partial charge in [0.1, 0.15) is 0 Å². The average Bonchev–Trinajstić information content (AvgIpc) is 2.38. The van der Waals surface area contributed by atoms with Gasteiger partial charge in [-0.2, -0.15) is 0 Å². The zero-order chi connectivity index (χ0) is 13.0. The van der Waals surface area contributed by atoms with E-state index in [1.54, 1.807) is 6.07 Å². The maximum absolute atomic E-state index is 10.7. The molecule has 0 fully saturated rings. The van der Waals surface area contributed by atoms with Gasteiger partial charge < -0.3 is 5.32 Å². The Morgan fingerprint density at radius 3 is 2.67 bits per heavy atom. The van der Waals surface area contributed by atoms with E-state index in [-0.39, 0.29) is 5.69 Å². The van der Waals surface area contributed by atoms with Crippen molar-refractivity contribution in [1.29, 1.82) is 0 Å². The molecule has 0 spiro atoms. The third kappa shape index (κ3) is 3.07. The molecule has 18 heavy (non-hydrogen) atoms. The second-order valence-electron chi connectivity index (χ2n) is 3.75. The van der Waals surface area contributed by atoms with Gasteiger partial charge >= 0.3 is 0 Å². The lowest BCUT2D eigenvalue weighted by atomic mass is 10.2. The van der Waals surface area contributed by atoms with Crippen LogP contribution in [0.1, 0.15) is 5.56 Å². The van der Waals surface area contributed by atoms with Crippen LogP contribution >= 0.6 is 15.9 Å². The fourth-order valence-corrected chi connectivity index (χ4v) is 1.99. The van der Waals surface area contributed by atoms with Crippen molar-refractivity contribution in [1.82, 2.24) is 0 Å². The lowest BCUT2D eigenvalue weighted by Crippen LogP contribution is -2.00. The molecule has 0 aromatic heterocycles. The molecule has 2 aromatic carbocycles. The summed E-state index contributed by atoms with van der Waals surface area (Å²) in [5.41, 5.74) is 1.93. The molecule has 0 heterocycles. The number of benzene rings is 2. The van der Waals surface area contributed by atoms with Crippen molar-refractivity contribution in [3.63, 3.8) is 0 Å². The molecule has 5 heteroatoms. The highest BCUT2D eigenvalue weighted by atomic mass is 79.9. The summed E-state index contributed by atoms with van der Waals surface area (Å²) in [6.45, 7) is 0.614. The average molecular weight is 307 g/mol. The van der Waals surface area contributed by atoms with E-state index < -0.39 is 4.92 Å². The summed E-state index contributed by atoms with van der Waals surface area (Å²) in [4.78, 5) is 10.3. The molecule has 0 amide bonds. The summed E-state index contributed by atoms with van der Waals surface area (Å²) in [5, 5.41) is 13.8. The molecule has 2 rings (SSSR count). The Morgan fingerprint density at radius 2 is 1.94 bits per heavy atom. The first-order valence-corrected chi connectivity index (χ1v) is 6.18. The van der Waals surface area contributed by atoms with E-state index in [2.05, 4.69) is 21.2 Å². The van der Waals surface area contributed by atoms with E-state index in [9.17, 15) is 10.1 Å². The molecular formula is C13H11BrN2O2. The Hall–Kier alpha value is -1.88. The Balaban J connectivity index is 2.09. The lowest BCUT2D eigenvalue weighted by molar-refractivity contribution is -0.384. The van der Waals surface area contributed by atoms with Gasteiger partial charge in [0.15, 0.2) is 0 Å². The SMILES string of the molecule is O=[N+]([O-])c1cccc(NCc2ccccc2Br)c1. The third-order valence-corrected chi connectivity index (χ3v) is 3.27. The molecule has 4 nitrogen and oxygen atoms in total. The van der Waals surface area contributed by atoms with Gasteiger partial charge in [0.25, 0.3) is 5.69 Å². The van der Waals surface area contributed by atoms with Crippen LogP contribution < -0.4 is 5.32 Å². The van der Waals surface area contributed by atoms with Gasteiger partial charge in [-0.3, -0.25) is 10.1 Å². The quantitative estimate of drug-likeness (QED) is 0.687. The normalized spacial score (nSPS) is 10.1. The van der Waals surface area contributed by atoms with E-state index in [4.69, 9.17) is 0 Å². The largest absolute Gasteiger partial charge is 0.381 e. The highest BCUT2D eigenvalue weighted by Crippen LogP contribution is 2.20. The van der Waals surface area contributed by atoms with Crippen LogP contribution in [0.15, 0.2) is 53.0 Å². The minimum atomic E-state index is -0.399. The minimum absolute atomic E-state index is 0.0899. The lowest BCUT2D eigenvalue weighted by Gasteiger charge is -2.07. The summed E-state index contributed by atoms with van der Waals surface area (Å²) >= 11 is 3.46. The Labute approximate surface area is 113 Å². The molecule has 0 atom stereocenters. The molecule has 0 aliphatic carbocycles. The standard InChI is InChI=1S/C13H11BrN2O2/c14-13-7-2-1-4-10(13)9-15-11-5-3-6-12(8-11)16(17)18/h1-8,15H,9H2. The molecular weight excluding hydrogens is 296 g/mol. The number of nitro benzene ring substituents is 1. The number of non-ortho nitro benzene ring substituents is 1. The second-order valence-corrected chi connectivity index (χ2v) is 4.61. The first-order chi connectivity index (χ1) is 8.66. The smallest absolute Gasteiger partial charge is 0.271 e. The second kappa shape index (κ2) is 5.64. The van der Waals surface area contributed by atoms with E-state index in [1.165, 1.54) is 12.1 Å². The molecule has 0 saturated heterocycles. The van der Waals surface area contributed by atoms with Crippen LogP contribution in [0.25, 0.3) is 0 Å². The summed E-state index contributed by atoms with van der Waals surface area (Å²) < 4.78 is 1.02. The maximum Gasteiger partial charge on any atom is 0.271 e. The molecule has 0 unspecified atom stereocenters. The van der Waals surface area contributed by atoms with Crippen LogP contribution in [0.3, 0.4) is 0 Å². The number of anilines is 1. The number of nitrogens with one attached hydrogen (secondary N) is 1. The van der Waals surface area contributed by atoms with Crippen LogP contribution in [-0.4, -0.2) is 4.92 Å². The van der Waals surface area contributed by atoms with Gasteiger partial charge in [-0.15, -0.1) is 0 Å². The number of nitro groups is 1. The molecule has 1 N–H and O–H groups in total. The zero-order valence-electron chi connectivity index (χ0n) is 9.47. The predicted octanol–water partition coefficient (Wildman–Crippen LogP) is 3.97. The fraction of sp³-hybridized carbons (Fsp3) is 0.0769. The number of hydrogen-bond acceptors (Lipinski definition) is 3. The van der Waals surface area contributed by atoms with Crippen molar-refractivity contribution >= 4 is 27.3 Å². The molecule has 0 bridgehead atoms. The molecule has 2 aromatic rings. The van der Waals surface area contributed by atoms with E-state index in [1.807, 2.05) is 30.3 Å². The van der Waals surface area contributed by atoms with Gasteiger partial charge in [0, 0.05) is 28.8 Å². The maximum atomic E-state index is 10.7.